The van der Waals surface area contributed by atoms with Crippen LogP contribution in [0.15, 0.2) is 46.9 Å². The predicted molar refractivity (Wildman–Crippen MR) is 83.5 cm³/mol. The zero-order valence-electron chi connectivity index (χ0n) is 11.4. The molecule has 0 saturated carbocycles. The van der Waals surface area contributed by atoms with Crippen LogP contribution >= 0.6 is 15.9 Å². The molecular weight excluding hydrogens is 317 g/mol. The van der Waals surface area contributed by atoms with Crippen LogP contribution in [0.3, 0.4) is 0 Å². The summed E-state index contributed by atoms with van der Waals surface area (Å²) < 4.78 is 14.3. The van der Waals surface area contributed by atoms with E-state index in [1.807, 2.05) is 6.07 Å². The molecule has 0 bridgehead atoms. The zero-order valence-corrected chi connectivity index (χ0v) is 13.0. The molecule has 1 fully saturated rings. The summed E-state index contributed by atoms with van der Waals surface area (Å²) in [4.78, 5) is 0. The van der Waals surface area contributed by atoms with E-state index < -0.39 is 0 Å². The minimum Gasteiger partial charge on any atom is -0.315 e. The number of hydrogen-bond acceptors (Lipinski definition) is 1. The maximum absolute atomic E-state index is 13.7. The lowest BCUT2D eigenvalue weighted by Crippen LogP contribution is -2.58. The summed E-state index contributed by atoms with van der Waals surface area (Å²) in [5.74, 6) is -0.186. The Morgan fingerprint density at radius 2 is 1.85 bits per heavy atom. The maximum atomic E-state index is 13.7. The van der Waals surface area contributed by atoms with Crippen molar-refractivity contribution in [2.75, 3.05) is 13.1 Å². The number of aryl methyl sites for hydroxylation is 1. The molecule has 1 nitrogen and oxygen atoms in total. The molecule has 1 aliphatic rings. The third-order valence-electron chi connectivity index (χ3n) is 4.15. The summed E-state index contributed by atoms with van der Waals surface area (Å²) in [6.45, 7) is 3.98. The zero-order chi connectivity index (χ0) is 14.2. The van der Waals surface area contributed by atoms with Crippen molar-refractivity contribution in [3.05, 3.63) is 69.4 Å². The number of benzene rings is 2. The van der Waals surface area contributed by atoms with Gasteiger partial charge < -0.3 is 5.32 Å². The molecule has 1 heterocycles. The fourth-order valence-electron chi connectivity index (χ4n) is 2.81. The summed E-state index contributed by atoms with van der Waals surface area (Å²) in [7, 11) is 0. The lowest BCUT2D eigenvalue weighted by atomic mass is 9.71. The second-order valence-electron chi connectivity index (χ2n) is 5.64. The topological polar surface area (TPSA) is 12.0 Å². The monoisotopic (exact) mass is 333 g/mol. The molecule has 2 aromatic rings. The van der Waals surface area contributed by atoms with Crippen molar-refractivity contribution in [1.29, 1.82) is 0 Å². The third kappa shape index (κ3) is 2.40. The molecule has 3 rings (SSSR count). The van der Waals surface area contributed by atoms with E-state index in [-0.39, 0.29) is 11.2 Å². The molecule has 1 saturated heterocycles. The Morgan fingerprint density at radius 1 is 1.15 bits per heavy atom. The molecule has 1 N–H and O–H groups in total. The van der Waals surface area contributed by atoms with Crippen molar-refractivity contribution in [2.45, 2.75) is 18.8 Å². The number of halogens is 2. The third-order valence-corrected chi connectivity index (χ3v) is 5.04. The highest BCUT2D eigenvalue weighted by molar-refractivity contribution is 9.10. The maximum Gasteiger partial charge on any atom is 0.137 e. The fraction of sp³-hybridized carbons (Fsp3) is 0.294. The van der Waals surface area contributed by atoms with Gasteiger partial charge in [0.1, 0.15) is 5.82 Å². The summed E-state index contributed by atoms with van der Waals surface area (Å²) >= 11 is 3.37. The predicted octanol–water partition coefficient (Wildman–Crippen LogP) is 3.98. The van der Waals surface area contributed by atoms with Crippen LogP contribution in [0.1, 0.15) is 16.7 Å². The van der Waals surface area contributed by atoms with E-state index in [1.165, 1.54) is 17.2 Å². The lowest BCUT2D eigenvalue weighted by molar-refractivity contribution is 0.274. The van der Waals surface area contributed by atoms with Gasteiger partial charge >= 0.3 is 0 Å². The van der Waals surface area contributed by atoms with E-state index in [9.17, 15) is 4.39 Å². The van der Waals surface area contributed by atoms with Gasteiger partial charge in [-0.05, 0) is 46.5 Å². The van der Waals surface area contributed by atoms with Gasteiger partial charge in [0.05, 0.1) is 4.47 Å². The Morgan fingerprint density at radius 3 is 2.45 bits per heavy atom. The van der Waals surface area contributed by atoms with E-state index in [1.54, 1.807) is 6.07 Å². The second-order valence-corrected chi connectivity index (χ2v) is 6.43. The summed E-state index contributed by atoms with van der Waals surface area (Å²) in [6.07, 6.45) is 0.849. The summed E-state index contributed by atoms with van der Waals surface area (Å²) in [6, 6.07) is 14.0. The van der Waals surface area contributed by atoms with Gasteiger partial charge in [-0.15, -0.1) is 0 Å². The van der Waals surface area contributed by atoms with Crippen molar-refractivity contribution in [1.82, 2.24) is 5.32 Å². The van der Waals surface area contributed by atoms with Crippen LogP contribution in [0.2, 0.25) is 0 Å². The minimum absolute atomic E-state index is 0.0873. The van der Waals surface area contributed by atoms with Crippen molar-refractivity contribution in [2.24, 2.45) is 0 Å². The van der Waals surface area contributed by atoms with Crippen LogP contribution in [0.25, 0.3) is 0 Å². The van der Waals surface area contributed by atoms with Crippen LogP contribution in [0.5, 0.6) is 0 Å². The average molecular weight is 334 g/mol. The summed E-state index contributed by atoms with van der Waals surface area (Å²) in [5, 5.41) is 3.36. The number of nitrogens with one attached hydrogen (secondary N) is 1. The van der Waals surface area contributed by atoms with Gasteiger partial charge in [-0.3, -0.25) is 0 Å². The molecule has 20 heavy (non-hydrogen) atoms. The molecule has 0 unspecified atom stereocenters. The number of hydrogen-bond donors (Lipinski definition) is 1. The quantitative estimate of drug-likeness (QED) is 0.895. The van der Waals surface area contributed by atoms with E-state index >= 15 is 0 Å². The average Bonchev–Trinajstić information content (AvgIpc) is 2.40. The number of rotatable bonds is 3. The Balaban J connectivity index is 1.94. The first-order chi connectivity index (χ1) is 9.61. The van der Waals surface area contributed by atoms with Crippen LogP contribution < -0.4 is 5.32 Å². The molecule has 0 amide bonds. The molecular formula is C17H17BrFN. The van der Waals surface area contributed by atoms with Crippen molar-refractivity contribution in [3.63, 3.8) is 0 Å². The van der Waals surface area contributed by atoms with Crippen LogP contribution in [-0.4, -0.2) is 13.1 Å². The van der Waals surface area contributed by atoms with Gasteiger partial charge in [0.25, 0.3) is 0 Å². The fourth-order valence-corrected chi connectivity index (χ4v) is 3.22. The molecule has 0 spiro atoms. The van der Waals surface area contributed by atoms with Crippen molar-refractivity contribution < 1.29 is 4.39 Å². The second kappa shape index (κ2) is 5.30. The van der Waals surface area contributed by atoms with Gasteiger partial charge in [0.15, 0.2) is 0 Å². The highest BCUT2D eigenvalue weighted by Gasteiger charge is 2.39. The van der Waals surface area contributed by atoms with Gasteiger partial charge in [-0.1, -0.05) is 42.0 Å². The summed E-state index contributed by atoms with van der Waals surface area (Å²) in [5.41, 5.74) is 3.72. The van der Waals surface area contributed by atoms with Crippen LogP contribution in [-0.2, 0) is 11.8 Å². The first-order valence-electron chi connectivity index (χ1n) is 6.81. The molecule has 1 aliphatic heterocycles. The molecule has 104 valence electrons. The Hall–Kier alpha value is -1.19. The molecule has 0 aliphatic carbocycles. The van der Waals surface area contributed by atoms with Crippen molar-refractivity contribution in [3.8, 4) is 0 Å². The largest absolute Gasteiger partial charge is 0.315 e. The SMILES string of the molecule is Cc1ccc(C2(Cc3cccc(F)c3Br)CNC2)cc1. The van der Waals surface area contributed by atoms with E-state index in [4.69, 9.17) is 0 Å². The van der Waals surface area contributed by atoms with Crippen molar-refractivity contribution >= 4 is 15.9 Å². The lowest BCUT2D eigenvalue weighted by Gasteiger charge is -2.43. The Kier molecular flexibility index (Phi) is 3.65. The van der Waals surface area contributed by atoms with E-state index in [0.717, 1.165) is 25.1 Å². The smallest absolute Gasteiger partial charge is 0.137 e. The van der Waals surface area contributed by atoms with E-state index in [2.05, 4.69) is 52.4 Å². The molecule has 2 aromatic carbocycles. The Labute approximate surface area is 127 Å². The van der Waals surface area contributed by atoms with Gasteiger partial charge in [0.2, 0.25) is 0 Å². The molecule has 3 heteroatoms. The Bertz CT molecular complexity index is 617. The van der Waals surface area contributed by atoms with Gasteiger partial charge in [-0.25, -0.2) is 4.39 Å². The normalized spacial score (nSPS) is 16.8. The highest BCUT2D eigenvalue weighted by Crippen LogP contribution is 2.35. The van der Waals surface area contributed by atoms with Gasteiger partial charge in [0, 0.05) is 18.5 Å². The first-order valence-corrected chi connectivity index (χ1v) is 7.61. The standard InChI is InChI=1S/C17H17BrFN/c1-12-5-7-14(8-6-12)17(10-20-11-17)9-13-3-2-4-15(19)16(13)18/h2-8,20H,9-11H2,1H3. The molecule has 0 atom stereocenters. The van der Waals surface area contributed by atoms with E-state index in [0.29, 0.717) is 4.47 Å². The molecule has 0 aromatic heterocycles. The highest BCUT2D eigenvalue weighted by atomic mass is 79.9. The van der Waals surface area contributed by atoms with Crippen LogP contribution in [0, 0.1) is 12.7 Å². The molecule has 0 radical (unpaired) electrons. The minimum atomic E-state index is -0.186. The van der Waals surface area contributed by atoms with Gasteiger partial charge in [-0.2, -0.15) is 0 Å². The van der Waals surface area contributed by atoms with Crippen LogP contribution in [0.4, 0.5) is 4.39 Å². The first kappa shape index (κ1) is 13.8.